The maximum absolute atomic E-state index is 14.0. The van der Waals surface area contributed by atoms with E-state index in [0.717, 1.165) is 18.2 Å². The van der Waals surface area contributed by atoms with Gasteiger partial charge in [0.15, 0.2) is 9.84 Å². The fourth-order valence-corrected chi connectivity index (χ4v) is 4.73. The van der Waals surface area contributed by atoms with Crippen LogP contribution < -0.4 is 5.32 Å². The Kier molecular flexibility index (Phi) is 4.43. The highest BCUT2D eigenvalue weighted by molar-refractivity contribution is 7.90. The van der Waals surface area contributed by atoms with Crippen molar-refractivity contribution in [2.45, 2.75) is 11.5 Å². The lowest BCUT2D eigenvalue weighted by molar-refractivity contribution is 0.101. The van der Waals surface area contributed by atoms with Crippen molar-refractivity contribution in [1.29, 1.82) is 0 Å². The van der Waals surface area contributed by atoms with Crippen LogP contribution in [0.2, 0.25) is 5.02 Å². The number of nitrogens with zero attached hydrogens (tertiary/aromatic N) is 2. The molecular weight excluding hydrogens is 412 g/mol. The third kappa shape index (κ3) is 3.27. The van der Waals surface area contributed by atoms with E-state index in [1.165, 1.54) is 4.68 Å². The first-order chi connectivity index (χ1) is 13.2. The molecule has 1 aliphatic rings. The van der Waals surface area contributed by atoms with E-state index < -0.39 is 32.9 Å². The summed E-state index contributed by atoms with van der Waals surface area (Å²) in [5.74, 6) is -3.70. The predicted octanol–water partition coefficient (Wildman–Crippen LogP) is 3.48. The zero-order chi connectivity index (χ0) is 20.1. The minimum atomic E-state index is -3.41. The van der Waals surface area contributed by atoms with Gasteiger partial charge in [0.25, 0.3) is 5.91 Å². The topological polar surface area (TPSA) is 81.1 Å². The van der Waals surface area contributed by atoms with Crippen molar-refractivity contribution in [2.75, 3.05) is 5.32 Å². The van der Waals surface area contributed by atoms with Gasteiger partial charge in [0.1, 0.15) is 23.0 Å². The maximum atomic E-state index is 14.0. The number of hydrogen-bond donors (Lipinski definition) is 1. The van der Waals surface area contributed by atoms with E-state index in [1.54, 1.807) is 24.3 Å². The van der Waals surface area contributed by atoms with Crippen molar-refractivity contribution in [3.63, 3.8) is 0 Å². The highest BCUT2D eigenvalue weighted by atomic mass is 35.5. The number of sulfone groups is 1. The Balaban J connectivity index is 1.83. The third-order valence-corrected chi connectivity index (χ3v) is 5.94. The van der Waals surface area contributed by atoms with Gasteiger partial charge in [-0.15, -0.1) is 0 Å². The Labute approximate surface area is 163 Å². The molecular formula is C18H12ClF2N3O3S. The lowest BCUT2D eigenvalue weighted by Gasteiger charge is -2.12. The number of anilines is 1. The van der Waals surface area contributed by atoms with Gasteiger partial charge in [-0.2, -0.15) is 5.10 Å². The van der Waals surface area contributed by atoms with Gasteiger partial charge in [-0.25, -0.2) is 21.9 Å². The quantitative estimate of drug-likeness (QED) is 0.699. The van der Waals surface area contributed by atoms with Gasteiger partial charge in [0, 0.05) is 10.6 Å². The normalized spacial score (nSPS) is 14.7. The summed E-state index contributed by atoms with van der Waals surface area (Å²) in [5.41, 5.74) is 0.244. The Morgan fingerprint density at radius 3 is 2.46 bits per heavy atom. The maximum Gasteiger partial charge on any atom is 0.262 e. The van der Waals surface area contributed by atoms with Crippen LogP contribution in [0.25, 0.3) is 5.69 Å². The SMILES string of the molecule is O=C(Nc1c2c(nn1-c1cccc(Cl)c1)CS(=O)(=O)C2)c1c(F)cccc1F. The zero-order valence-corrected chi connectivity index (χ0v) is 15.7. The lowest BCUT2D eigenvalue weighted by atomic mass is 10.1. The molecule has 6 nitrogen and oxygen atoms in total. The molecule has 0 atom stereocenters. The Bertz CT molecular complexity index is 1200. The molecule has 0 saturated carbocycles. The number of aromatic nitrogens is 2. The lowest BCUT2D eigenvalue weighted by Crippen LogP contribution is -2.19. The minimum Gasteiger partial charge on any atom is -0.306 e. The molecule has 144 valence electrons. The highest BCUT2D eigenvalue weighted by Crippen LogP contribution is 2.33. The standard InChI is InChI=1S/C18H12ClF2N3O3S/c19-10-3-1-4-11(7-10)24-17(12-8-28(26,27)9-15(12)23-24)22-18(25)16-13(20)5-2-6-14(16)21/h1-7H,8-9H2,(H,22,25). The van der Waals surface area contributed by atoms with Crippen molar-refractivity contribution < 1.29 is 22.0 Å². The average Bonchev–Trinajstić information content (AvgIpc) is 3.07. The highest BCUT2D eigenvalue weighted by Gasteiger charge is 2.33. The molecule has 2 heterocycles. The summed E-state index contributed by atoms with van der Waals surface area (Å²) in [7, 11) is -3.41. The van der Waals surface area contributed by atoms with Gasteiger partial charge < -0.3 is 5.32 Å². The summed E-state index contributed by atoms with van der Waals surface area (Å²) in [6.07, 6.45) is 0. The molecule has 0 unspecified atom stereocenters. The van der Waals surface area contributed by atoms with E-state index in [4.69, 9.17) is 11.6 Å². The molecule has 1 aromatic heterocycles. The molecule has 0 radical (unpaired) electrons. The smallest absolute Gasteiger partial charge is 0.262 e. The molecule has 1 amide bonds. The molecule has 3 aromatic rings. The molecule has 28 heavy (non-hydrogen) atoms. The van der Waals surface area contributed by atoms with Crippen molar-refractivity contribution in [3.05, 3.63) is 75.9 Å². The largest absolute Gasteiger partial charge is 0.306 e. The number of nitrogens with one attached hydrogen (secondary N) is 1. The van der Waals surface area contributed by atoms with Crippen LogP contribution in [0.15, 0.2) is 42.5 Å². The number of amides is 1. The van der Waals surface area contributed by atoms with Crippen LogP contribution in [0.4, 0.5) is 14.6 Å². The molecule has 0 saturated heterocycles. The number of carbonyl (C=O) groups is 1. The van der Waals surface area contributed by atoms with Crippen LogP contribution in [0, 0.1) is 11.6 Å². The monoisotopic (exact) mass is 423 g/mol. The molecule has 0 fully saturated rings. The van der Waals surface area contributed by atoms with Crippen LogP contribution in [-0.2, 0) is 21.3 Å². The second kappa shape index (κ2) is 6.68. The van der Waals surface area contributed by atoms with E-state index in [-0.39, 0.29) is 28.6 Å². The summed E-state index contributed by atoms with van der Waals surface area (Å²) in [6, 6.07) is 9.58. The number of benzene rings is 2. The van der Waals surface area contributed by atoms with Gasteiger partial charge in [-0.3, -0.25) is 4.79 Å². The second-order valence-corrected chi connectivity index (χ2v) is 8.75. The van der Waals surface area contributed by atoms with Gasteiger partial charge in [-0.05, 0) is 30.3 Å². The Morgan fingerprint density at radius 1 is 1.11 bits per heavy atom. The van der Waals surface area contributed by atoms with Gasteiger partial charge in [0.2, 0.25) is 0 Å². The molecule has 0 aliphatic carbocycles. The third-order valence-electron chi connectivity index (χ3n) is 4.26. The number of rotatable bonds is 3. The first-order valence-electron chi connectivity index (χ1n) is 8.08. The number of fused-ring (bicyclic) bond motifs is 1. The van der Waals surface area contributed by atoms with Crippen molar-refractivity contribution in [2.24, 2.45) is 0 Å². The van der Waals surface area contributed by atoms with Crippen LogP contribution >= 0.6 is 11.6 Å². The first-order valence-corrected chi connectivity index (χ1v) is 10.3. The van der Waals surface area contributed by atoms with E-state index in [0.29, 0.717) is 10.7 Å². The molecule has 1 N–H and O–H groups in total. The van der Waals surface area contributed by atoms with Crippen molar-refractivity contribution in [1.82, 2.24) is 9.78 Å². The molecule has 4 rings (SSSR count). The number of hydrogen-bond acceptors (Lipinski definition) is 4. The van der Waals surface area contributed by atoms with Crippen LogP contribution in [0.1, 0.15) is 21.6 Å². The van der Waals surface area contributed by atoms with Gasteiger partial charge in [0.05, 0.1) is 22.9 Å². The van der Waals surface area contributed by atoms with E-state index in [2.05, 4.69) is 10.4 Å². The Morgan fingerprint density at radius 2 is 1.79 bits per heavy atom. The van der Waals surface area contributed by atoms with Crippen molar-refractivity contribution in [3.8, 4) is 5.69 Å². The van der Waals surface area contributed by atoms with Gasteiger partial charge >= 0.3 is 0 Å². The van der Waals surface area contributed by atoms with Gasteiger partial charge in [-0.1, -0.05) is 23.7 Å². The average molecular weight is 424 g/mol. The summed E-state index contributed by atoms with van der Waals surface area (Å²) >= 11 is 6.01. The second-order valence-electron chi connectivity index (χ2n) is 6.25. The molecule has 0 bridgehead atoms. The minimum absolute atomic E-state index is 0.0333. The van der Waals surface area contributed by atoms with E-state index >= 15 is 0 Å². The van der Waals surface area contributed by atoms with E-state index in [1.807, 2.05) is 0 Å². The Hall–Kier alpha value is -2.78. The fraction of sp³-hybridized carbons (Fsp3) is 0.111. The van der Waals surface area contributed by atoms with Crippen molar-refractivity contribution >= 4 is 33.2 Å². The first kappa shape index (κ1) is 18.6. The fourth-order valence-electron chi connectivity index (χ4n) is 3.05. The molecule has 0 spiro atoms. The van der Waals surface area contributed by atoms with Crippen LogP contribution in [0.5, 0.6) is 0 Å². The molecule has 2 aromatic carbocycles. The van der Waals surface area contributed by atoms with E-state index in [9.17, 15) is 22.0 Å². The summed E-state index contributed by atoms with van der Waals surface area (Å²) in [6.45, 7) is 0. The molecule has 1 aliphatic heterocycles. The summed E-state index contributed by atoms with van der Waals surface area (Å²) in [4.78, 5) is 12.6. The summed E-state index contributed by atoms with van der Waals surface area (Å²) < 4.78 is 53.2. The predicted molar refractivity (Wildman–Crippen MR) is 99.2 cm³/mol. The molecule has 10 heteroatoms. The summed E-state index contributed by atoms with van der Waals surface area (Å²) in [5, 5.41) is 7.09. The van der Waals surface area contributed by atoms with Crippen LogP contribution in [0.3, 0.4) is 0 Å². The zero-order valence-electron chi connectivity index (χ0n) is 14.1. The number of carbonyl (C=O) groups excluding carboxylic acids is 1. The van der Waals surface area contributed by atoms with Crippen LogP contribution in [-0.4, -0.2) is 24.1 Å². The number of halogens is 3.